The summed E-state index contributed by atoms with van der Waals surface area (Å²) in [6.45, 7) is 0.585. The normalized spacial score (nSPS) is 17.3. The number of hydrogen-bond acceptors (Lipinski definition) is 3. The Morgan fingerprint density at radius 1 is 1.22 bits per heavy atom. The summed E-state index contributed by atoms with van der Waals surface area (Å²) in [5.74, 6) is -0.0346. The Kier molecular flexibility index (Phi) is 6.44. The zero-order chi connectivity index (χ0) is 16.7. The lowest BCUT2D eigenvalue weighted by Crippen LogP contribution is -2.40. The molecule has 1 unspecified atom stereocenters. The number of likely N-dealkylation sites (tertiary alicyclic amines) is 1. The van der Waals surface area contributed by atoms with E-state index in [9.17, 15) is 9.59 Å². The average Bonchev–Trinajstić information content (AvgIpc) is 3.05. The highest BCUT2D eigenvalue weighted by Crippen LogP contribution is 2.20. The van der Waals surface area contributed by atoms with Crippen LogP contribution in [0.15, 0.2) is 24.3 Å². The molecular formula is C18H25NO4. The molecule has 1 fully saturated rings. The fraction of sp³-hybridized carbons (Fsp3) is 0.556. The molecule has 5 heteroatoms. The van der Waals surface area contributed by atoms with Crippen LogP contribution < -0.4 is 4.74 Å². The van der Waals surface area contributed by atoms with Crippen molar-refractivity contribution in [1.29, 1.82) is 0 Å². The molecule has 23 heavy (non-hydrogen) atoms. The summed E-state index contributed by atoms with van der Waals surface area (Å²) in [7, 11) is 1.65. The molecule has 0 aromatic heterocycles. The number of unbranched alkanes of at least 4 members (excludes halogenated alkanes) is 2. The van der Waals surface area contributed by atoms with Gasteiger partial charge in [-0.2, -0.15) is 0 Å². The zero-order valence-corrected chi connectivity index (χ0v) is 13.7. The SMILES string of the molecule is COc1ccc(CCCCCC(=O)N2CCCC2C(=O)O)cc1. The van der Waals surface area contributed by atoms with Crippen LogP contribution in [0.2, 0.25) is 0 Å². The Morgan fingerprint density at radius 2 is 1.96 bits per heavy atom. The van der Waals surface area contributed by atoms with Gasteiger partial charge in [0.25, 0.3) is 0 Å². The Labute approximate surface area is 137 Å². The summed E-state index contributed by atoms with van der Waals surface area (Å²) in [4.78, 5) is 24.7. The van der Waals surface area contributed by atoms with Gasteiger partial charge in [-0.15, -0.1) is 0 Å². The maximum Gasteiger partial charge on any atom is 0.326 e. The molecule has 1 saturated heterocycles. The summed E-state index contributed by atoms with van der Waals surface area (Å²) in [6.07, 6.45) is 5.63. The number of nitrogens with zero attached hydrogens (tertiary/aromatic N) is 1. The van der Waals surface area contributed by atoms with Gasteiger partial charge in [-0.3, -0.25) is 4.79 Å². The van der Waals surface area contributed by atoms with E-state index in [1.54, 1.807) is 7.11 Å². The van der Waals surface area contributed by atoms with Crippen molar-refractivity contribution in [3.05, 3.63) is 29.8 Å². The number of aryl methyl sites for hydroxylation is 1. The van der Waals surface area contributed by atoms with Gasteiger partial charge < -0.3 is 14.7 Å². The van der Waals surface area contributed by atoms with Crippen LogP contribution in [0.5, 0.6) is 5.75 Å². The lowest BCUT2D eigenvalue weighted by Gasteiger charge is -2.21. The number of rotatable bonds is 8. The Hall–Kier alpha value is -2.04. The van der Waals surface area contributed by atoms with Crippen molar-refractivity contribution in [3.63, 3.8) is 0 Å². The molecule has 126 valence electrons. The highest BCUT2D eigenvalue weighted by atomic mass is 16.5. The van der Waals surface area contributed by atoms with Gasteiger partial charge in [0.2, 0.25) is 5.91 Å². The summed E-state index contributed by atoms with van der Waals surface area (Å²) in [6, 6.07) is 7.43. The summed E-state index contributed by atoms with van der Waals surface area (Å²) < 4.78 is 5.13. The first-order chi connectivity index (χ1) is 11.1. The minimum atomic E-state index is -0.879. The molecule has 1 atom stereocenters. The van der Waals surface area contributed by atoms with E-state index in [0.717, 1.165) is 37.9 Å². The molecule has 0 radical (unpaired) electrons. The molecule has 1 aliphatic heterocycles. The topological polar surface area (TPSA) is 66.8 Å². The van der Waals surface area contributed by atoms with Crippen LogP contribution in [0.25, 0.3) is 0 Å². The highest BCUT2D eigenvalue weighted by molar-refractivity contribution is 5.84. The number of carboxylic acid groups (broad SMARTS) is 1. The first-order valence-electron chi connectivity index (χ1n) is 8.27. The van der Waals surface area contributed by atoms with E-state index in [0.29, 0.717) is 19.4 Å². The standard InChI is InChI=1S/C18H25NO4/c1-23-15-11-9-14(10-12-15)6-3-2-4-8-17(20)19-13-5-7-16(19)18(21)22/h9-12,16H,2-8,13H2,1H3,(H,21,22). The summed E-state index contributed by atoms with van der Waals surface area (Å²) in [5.41, 5.74) is 1.27. The van der Waals surface area contributed by atoms with Crippen LogP contribution in [0.4, 0.5) is 0 Å². The van der Waals surface area contributed by atoms with E-state index in [-0.39, 0.29) is 5.91 Å². The number of carbonyl (C=O) groups is 2. The predicted molar refractivity (Wildman–Crippen MR) is 87.5 cm³/mol. The number of benzene rings is 1. The maximum atomic E-state index is 12.1. The monoisotopic (exact) mass is 319 g/mol. The third kappa shape index (κ3) is 4.98. The van der Waals surface area contributed by atoms with Crippen molar-refractivity contribution in [2.45, 2.75) is 51.0 Å². The molecule has 2 rings (SSSR count). The minimum Gasteiger partial charge on any atom is -0.497 e. The van der Waals surface area contributed by atoms with Gasteiger partial charge in [0, 0.05) is 13.0 Å². The molecule has 0 saturated carbocycles. The van der Waals surface area contributed by atoms with Crippen LogP contribution in [0, 0.1) is 0 Å². The van der Waals surface area contributed by atoms with Crippen molar-refractivity contribution in [1.82, 2.24) is 4.90 Å². The number of carboxylic acids is 1. The number of hydrogen-bond donors (Lipinski definition) is 1. The van der Waals surface area contributed by atoms with Crippen molar-refractivity contribution >= 4 is 11.9 Å². The van der Waals surface area contributed by atoms with Gasteiger partial charge in [-0.25, -0.2) is 4.79 Å². The van der Waals surface area contributed by atoms with E-state index in [1.165, 1.54) is 10.5 Å². The quantitative estimate of drug-likeness (QED) is 0.748. The van der Waals surface area contributed by atoms with E-state index in [2.05, 4.69) is 12.1 Å². The zero-order valence-electron chi connectivity index (χ0n) is 13.7. The molecule has 1 aliphatic rings. The highest BCUT2D eigenvalue weighted by Gasteiger charge is 2.33. The van der Waals surface area contributed by atoms with Crippen LogP contribution in [-0.2, 0) is 16.0 Å². The second-order valence-electron chi connectivity index (χ2n) is 5.99. The van der Waals surface area contributed by atoms with Gasteiger partial charge in [-0.1, -0.05) is 18.6 Å². The number of amides is 1. The Morgan fingerprint density at radius 3 is 2.61 bits per heavy atom. The first-order valence-corrected chi connectivity index (χ1v) is 8.27. The fourth-order valence-electron chi connectivity index (χ4n) is 3.04. The molecule has 1 aromatic rings. The number of ether oxygens (including phenoxy) is 1. The molecule has 1 heterocycles. The van der Waals surface area contributed by atoms with E-state index < -0.39 is 12.0 Å². The fourth-order valence-corrected chi connectivity index (χ4v) is 3.04. The number of aliphatic carboxylic acids is 1. The molecule has 0 aliphatic carbocycles. The van der Waals surface area contributed by atoms with Crippen molar-refractivity contribution in [2.24, 2.45) is 0 Å². The van der Waals surface area contributed by atoms with E-state index >= 15 is 0 Å². The maximum absolute atomic E-state index is 12.1. The van der Waals surface area contributed by atoms with Crippen molar-refractivity contribution in [3.8, 4) is 5.75 Å². The Balaban J connectivity index is 1.64. The predicted octanol–water partition coefficient (Wildman–Crippen LogP) is 2.87. The van der Waals surface area contributed by atoms with Gasteiger partial charge in [0.1, 0.15) is 11.8 Å². The first kappa shape index (κ1) is 17.3. The van der Waals surface area contributed by atoms with Crippen LogP contribution >= 0.6 is 0 Å². The van der Waals surface area contributed by atoms with Crippen molar-refractivity contribution < 1.29 is 19.4 Å². The van der Waals surface area contributed by atoms with Crippen LogP contribution in [-0.4, -0.2) is 41.6 Å². The number of methoxy groups -OCH3 is 1. The third-order valence-corrected chi connectivity index (χ3v) is 4.37. The smallest absolute Gasteiger partial charge is 0.326 e. The lowest BCUT2D eigenvalue weighted by molar-refractivity contribution is -0.148. The van der Waals surface area contributed by atoms with Gasteiger partial charge in [0.05, 0.1) is 7.11 Å². The molecular weight excluding hydrogens is 294 g/mol. The average molecular weight is 319 g/mol. The summed E-state index contributed by atoms with van der Waals surface area (Å²) >= 11 is 0. The third-order valence-electron chi connectivity index (χ3n) is 4.37. The largest absolute Gasteiger partial charge is 0.497 e. The molecule has 0 bridgehead atoms. The summed E-state index contributed by atoms with van der Waals surface area (Å²) in [5, 5.41) is 9.10. The molecule has 1 N–H and O–H groups in total. The Bertz CT molecular complexity index is 526. The minimum absolute atomic E-state index is 0.0145. The second-order valence-corrected chi connectivity index (χ2v) is 5.99. The van der Waals surface area contributed by atoms with Crippen molar-refractivity contribution in [2.75, 3.05) is 13.7 Å². The molecule has 0 spiro atoms. The molecule has 1 aromatic carbocycles. The number of carbonyl (C=O) groups excluding carboxylic acids is 1. The molecule has 5 nitrogen and oxygen atoms in total. The van der Waals surface area contributed by atoms with E-state index in [1.807, 2.05) is 12.1 Å². The molecule has 1 amide bonds. The van der Waals surface area contributed by atoms with Crippen LogP contribution in [0.1, 0.15) is 44.1 Å². The van der Waals surface area contributed by atoms with Gasteiger partial charge >= 0.3 is 5.97 Å². The van der Waals surface area contributed by atoms with Gasteiger partial charge in [0.15, 0.2) is 0 Å². The van der Waals surface area contributed by atoms with Gasteiger partial charge in [-0.05, 0) is 49.8 Å². The second kappa shape index (κ2) is 8.56. The van der Waals surface area contributed by atoms with Crippen LogP contribution in [0.3, 0.4) is 0 Å². The van der Waals surface area contributed by atoms with E-state index in [4.69, 9.17) is 9.84 Å². The lowest BCUT2D eigenvalue weighted by atomic mass is 10.1.